The van der Waals surface area contributed by atoms with Crippen LogP contribution in [-0.4, -0.2) is 22.1 Å². The van der Waals surface area contributed by atoms with Gasteiger partial charge in [0, 0.05) is 11.6 Å². The molecule has 0 bridgehead atoms. The summed E-state index contributed by atoms with van der Waals surface area (Å²) in [5, 5.41) is 25.6. The van der Waals surface area contributed by atoms with Gasteiger partial charge in [-0.3, -0.25) is 4.79 Å². The van der Waals surface area contributed by atoms with Crippen LogP contribution in [-0.2, 0) is 4.79 Å². The Morgan fingerprint density at radius 3 is 2.46 bits per heavy atom. The van der Waals surface area contributed by atoms with Gasteiger partial charge in [-0.1, -0.05) is 35.6 Å². The largest absolute Gasteiger partial charge is 0.507 e. The molecule has 0 aromatic heterocycles. The zero-order chi connectivity index (χ0) is 17.5. The number of aromatic carboxylic acids is 1. The standard InChI is InChI=1S/C17H15N3O4/c1-11(9-12-5-3-2-4-6-12)16(22)19-20-18-13-7-8-14(17(23)24)15(21)10-13/h2-10,21H,1H3,(H,23,24)(H,18,19,22). The zero-order valence-electron chi connectivity index (χ0n) is 12.8. The summed E-state index contributed by atoms with van der Waals surface area (Å²) in [6.07, 6.45) is 1.71. The highest BCUT2D eigenvalue weighted by atomic mass is 16.4. The fourth-order valence-corrected chi connectivity index (χ4v) is 1.84. The number of carbonyl (C=O) groups excluding carboxylic acids is 1. The van der Waals surface area contributed by atoms with Crippen molar-refractivity contribution in [1.82, 2.24) is 5.43 Å². The highest BCUT2D eigenvalue weighted by Gasteiger charge is 2.09. The van der Waals surface area contributed by atoms with Crippen molar-refractivity contribution in [1.29, 1.82) is 0 Å². The quantitative estimate of drug-likeness (QED) is 0.445. The lowest BCUT2D eigenvalue weighted by atomic mass is 10.1. The summed E-state index contributed by atoms with van der Waals surface area (Å²) in [6, 6.07) is 13.1. The molecule has 0 aliphatic rings. The van der Waals surface area contributed by atoms with Crippen LogP contribution in [0, 0.1) is 0 Å². The number of aromatic hydroxyl groups is 1. The average Bonchev–Trinajstić information content (AvgIpc) is 2.55. The maximum absolute atomic E-state index is 11.9. The monoisotopic (exact) mass is 325 g/mol. The minimum absolute atomic E-state index is 0.211. The van der Waals surface area contributed by atoms with Gasteiger partial charge in [-0.05, 0) is 30.7 Å². The number of hydrogen-bond donors (Lipinski definition) is 3. The van der Waals surface area contributed by atoms with Gasteiger partial charge in [-0.2, -0.15) is 0 Å². The Kier molecular flexibility index (Phi) is 5.40. The third-order valence-corrected chi connectivity index (χ3v) is 3.07. The van der Waals surface area contributed by atoms with Gasteiger partial charge in [-0.15, -0.1) is 5.11 Å². The van der Waals surface area contributed by atoms with E-state index in [1.807, 2.05) is 30.3 Å². The van der Waals surface area contributed by atoms with Crippen LogP contribution in [0.1, 0.15) is 22.8 Å². The van der Waals surface area contributed by atoms with Crippen LogP contribution >= 0.6 is 0 Å². The van der Waals surface area contributed by atoms with Crippen molar-refractivity contribution in [2.45, 2.75) is 6.92 Å². The fourth-order valence-electron chi connectivity index (χ4n) is 1.84. The molecule has 24 heavy (non-hydrogen) atoms. The van der Waals surface area contributed by atoms with E-state index in [2.05, 4.69) is 15.8 Å². The molecule has 0 aliphatic heterocycles. The van der Waals surface area contributed by atoms with Crippen LogP contribution in [0.2, 0.25) is 0 Å². The number of nitrogens with one attached hydrogen (secondary N) is 1. The molecule has 0 spiro atoms. The molecule has 0 fully saturated rings. The Hall–Kier alpha value is -3.48. The molecule has 0 unspecified atom stereocenters. The van der Waals surface area contributed by atoms with Gasteiger partial charge < -0.3 is 10.2 Å². The first-order chi connectivity index (χ1) is 11.5. The Balaban J connectivity index is 2.01. The SMILES string of the molecule is CC(=Cc1ccccc1)C(=O)NN=Nc1ccc(C(=O)O)c(O)c1. The van der Waals surface area contributed by atoms with E-state index >= 15 is 0 Å². The van der Waals surface area contributed by atoms with Crippen molar-refractivity contribution in [2.24, 2.45) is 10.3 Å². The number of carbonyl (C=O) groups is 2. The molecule has 2 aromatic carbocycles. The van der Waals surface area contributed by atoms with Gasteiger partial charge in [-0.25, -0.2) is 10.2 Å². The van der Waals surface area contributed by atoms with Crippen molar-refractivity contribution in [3.05, 3.63) is 65.2 Å². The second-order valence-corrected chi connectivity index (χ2v) is 4.89. The van der Waals surface area contributed by atoms with E-state index in [1.165, 1.54) is 12.1 Å². The van der Waals surface area contributed by atoms with Crippen molar-refractivity contribution in [3.8, 4) is 5.75 Å². The predicted molar refractivity (Wildman–Crippen MR) is 87.8 cm³/mol. The first kappa shape index (κ1) is 16.9. The first-order valence-corrected chi connectivity index (χ1v) is 6.98. The molecule has 2 rings (SSSR count). The number of benzene rings is 2. The first-order valence-electron chi connectivity index (χ1n) is 6.98. The van der Waals surface area contributed by atoms with Gasteiger partial charge in [0.05, 0.1) is 5.69 Å². The second-order valence-electron chi connectivity index (χ2n) is 4.89. The lowest BCUT2D eigenvalue weighted by Gasteiger charge is -2.01. The van der Waals surface area contributed by atoms with E-state index < -0.39 is 17.6 Å². The summed E-state index contributed by atoms with van der Waals surface area (Å²) in [6.45, 7) is 1.64. The lowest BCUT2D eigenvalue weighted by Crippen LogP contribution is -2.17. The van der Waals surface area contributed by atoms with Crippen LogP contribution in [0.15, 0.2) is 64.4 Å². The molecule has 0 radical (unpaired) electrons. The minimum Gasteiger partial charge on any atom is -0.507 e. The Morgan fingerprint density at radius 1 is 1.12 bits per heavy atom. The van der Waals surface area contributed by atoms with E-state index in [1.54, 1.807) is 13.0 Å². The van der Waals surface area contributed by atoms with Crippen molar-refractivity contribution >= 4 is 23.6 Å². The smallest absolute Gasteiger partial charge is 0.339 e. The van der Waals surface area contributed by atoms with Crippen LogP contribution in [0.3, 0.4) is 0 Å². The van der Waals surface area contributed by atoms with E-state index in [0.29, 0.717) is 5.57 Å². The van der Waals surface area contributed by atoms with Crippen LogP contribution in [0.5, 0.6) is 5.75 Å². The van der Waals surface area contributed by atoms with Gasteiger partial charge >= 0.3 is 5.97 Å². The fraction of sp³-hybridized carbons (Fsp3) is 0.0588. The van der Waals surface area contributed by atoms with Gasteiger partial charge in [0.15, 0.2) is 0 Å². The van der Waals surface area contributed by atoms with Gasteiger partial charge in [0.25, 0.3) is 5.91 Å². The molecule has 3 N–H and O–H groups in total. The van der Waals surface area contributed by atoms with Crippen molar-refractivity contribution in [3.63, 3.8) is 0 Å². The maximum Gasteiger partial charge on any atom is 0.339 e. The molecule has 0 aliphatic carbocycles. The highest BCUT2D eigenvalue weighted by molar-refractivity contribution is 5.97. The summed E-state index contributed by atoms with van der Waals surface area (Å²) >= 11 is 0. The topological polar surface area (TPSA) is 111 Å². The third kappa shape index (κ3) is 4.51. The van der Waals surface area contributed by atoms with E-state index in [4.69, 9.17) is 5.11 Å². The number of carboxylic acids is 1. The third-order valence-electron chi connectivity index (χ3n) is 3.07. The molecule has 7 nitrogen and oxygen atoms in total. The Labute approximate surface area is 138 Å². The molecule has 1 amide bonds. The summed E-state index contributed by atoms with van der Waals surface area (Å²) in [4.78, 5) is 22.7. The van der Waals surface area contributed by atoms with E-state index in [9.17, 15) is 14.7 Å². The van der Waals surface area contributed by atoms with Crippen LogP contribution in [0.25, 0.3) is 6.08 Å². The summed E-state index contributed by atoms with van der Waals surface area (Å²) in [5.41, 5.74) is 3.57. The number of rotatable bonds is 5. The van der Waals surface area contributed by atoms with Gasteiger partial charge in [0.1, 0.15) is 11.3 Å². The molecule has 122 valence electrons. The summed E-state index contributed by atoms with van der Waals surface area (Å²) in [5.74, 6) is -2.09. The number of amides is 1. The molecule has 0 heterocycles. The molecule has 7 heteroatoms. The average molecular weight is 325 g/mol. The normalized spacial score (nSPS) is 11.5. The lowest BCUT2D eigenvalue weighted by molar-refractivity contribution is -0.117. The maximum atomic E-state index is 11.9. The highest BCUT2D eigenvalue weighted by Crippen LogP contribution is 2.23. The molecule has 0 saturated carbocycles. The molecule has 0 saturated heterocycles. The number of nitrogens with zero attached hydrogens (tertiary/aromatic N) is 2. The van der Waals surface area contributed by atoms with Crippen LogP contribution < -0.4 is 5.43 Å². The van der Waals surface area contributed by atoms with Crippen LogP contribution in [0.4, 0.5) is 5.69 Å². The van der Waals surface area contributed by atoms with Crippen molar-refractivity contribution in [2.75, 3.05) is 0 Å². The number of carboxylic acid groups (broad SMARTS) is 1. The second kappa shape index (κ2) is 7.68. The zero-order valence-corrected chi connectivity index (χ0v) is 12.8. The Morgan fingerprint density at radius 2 is 1.83 bits per heavy atom. The predicted octanol–water partition coefficient (Wildman–Crippen LogP) is 3.31. The van der Waals surface area contributed by atoms with E-state index in [-0.39, 0.29) is 11.3 Å². The van der Waals surface area contributed by atoms with Gasteiger partial charge in [0.2, 0.25) is 0 Å². The van der Waals surface area contributed by atoms with Crippen molar-refractivity contribution < 1.29 is 19.8 Å². The van der Waals surface area contributed by atoms with E-state index in [0.717, 1.165) is 11.6 Å². The molecule has 0 atom stereocenters. The summed E-state index contributed by atoms with van der Waals surface area (Å²) in [7, 11) is 0. The molecular formula is C17H15N3O4. The Bertz CT molecular complexity index is 814. The number of hydrogen-bond acceptors (Lipinski definition) is 5. The summed E-state index contributed by atoms with van der Waals surface area (Å²) < 4.78 is 0. The molecule has 2 aromatic rings. The minimum atomic E-state index is -1.24. The molecular weight excluding hydrogens is 310 g/mol. The number of phenols is 1.